The number of allylic oxidation sites excluding steroid dienone is 3. The van der Waals surface area contributed by atoms with E-state index in [1.54, 1.807) is 13.0 Å². The zero-order chi connectivity index (χ0) is 30.2. The highest BCUT2D eigenvalue weighted by Crippen LogP contribution is 2.47. The van der Waals surface area contributed by atoms with E-state index < -0.39 is 12.1 Å². The Morgan fingerprint density at radius 2 is 1.74 bits per heavy atom. The van der Waals surface area contributed by atoms with Crippen molar-refractivity contribution in [3.05, 3.63) is 68.6 Å². The molecule has 5 N–H and O–H groups in total. The second-order valence-electron chi connectivity index (χ2n) is 12.0. The fraction of sp³-hybridized carbons (Fsp3) is 0.382. The Bertz CT molecular complexity index is 1850. The zero-order valence-corrected chi connectivity index (χ0v) is 25.2. The number of aryl methyl sites for hydroxylation is 1. The van der Waals surface area contributed by atoms with Crippen molar-refractivity contribution in [3.63, 3.8) is 0 Å². The SMILES string of the molecule is CCC1=C(C)c2cc3nc(c(C)c4[nH]c(c5c6[nH]c(cc1n2)c(C)c6C(O)=C5)[C@@H](CCC(=O)O)[C@@H]4C)C(C)=C3[C@@H](C)O. The highest BCUT2D eigenvalue weighted by atomic mass is 16.4. The Kier molecular flexibility index (Phi) is 6.65. The minimum atomic E-state index is -0.837. The molecule has 0 radical (unpaired) electrons. The summed E-state index contributed by atoms with van der Waals surface area (Å²) in [7, 11) is 0. The van der Waals surface area contributed by atoms with Gasteiger partial charge in [-0.1, -0.05) is 13.8 Å². The lowest BCUT2D eigenvalue weighted by Gasteiger charge is -2.17. The van der Waals surface area contributed by atoms with Gasteiger partial charge in [-0.2, -0.15) is 0 Å². The third-order valence-corrected chi connectivity index (χ3v) is 9.49. The summed E-state index contributed by atoms with van der Waals surface area (Å²) in [5, 5.41) is 31.6. The number of carboxylic acid groups (broad SMARTS) is 1. The summed E-state index contributed by atoms with van der Waals surface area (Å²) in [6.45, 7) is 14.1. The first-order valence-electron chi connectivity index (χ1n) is 14.7. The number of aliphatic hydroxyl groups is 2. The highest BCUT2D eigenvalue weighted by molar-refractivity contribution is 6.02. The van der Waals surface area contributed by atoms with Gasteiger partial charge in [-0.15, -0.1) is 0 Å². The van der Waals surface area contributed by atoms with Crippen LogP contribution in [0.15, 0.2) is 12.1 Å². The van der Waals surface area contributed by atoms with Gasteiger partial charge in [0.15, 0.2) is 0 Å². The molecule has 6 rings (SSSR count). The molecule has 8 heteroatoms. The van der Waals surface area contributed by atoms with E-state index in [1.807, 2.05) is 32.9 Å². The summed E-state index contributed by atoms with van der Waals surface area (Å²) in [5.74, 6) is -0.765. The number of aromatic nitrogens is 4. The third-order valence-electron chi connectivity index (χ3n) is 9.49. The summed E-state index contributed by atoms with van der Waals surface area (Å²) < 4.78 is 0. The number of nitrogens with zero attached hydrogens (tertiary/aromatic N) is 2. The summed E-state index contributed by atoms with van der Waals surface area (Å²) in [4.78, 5) is 29.0. The topological polar surface area (TPSA) is 135 Å². The van der Waals surface area contributed by atoms with Crippen molar-refractivity contribution in [1.82, 2.24) is 19.9 Å². The molecule has 1 aliphatic carbocycles. The van der Waals surface area contributed by atoms with Gasteiger partial charge < -0.3 is 25.3 Å². The maximum absolute atomic E-state index is 11.7. The summed E-state index contributed by atoms with van der Waals surface area (Å²) in [5.41, 5.74) is 14.2. The lowest BCUT2D eigenvalue weighted by molar-refractivity contribution is -0.137. The van der Waals surface area contributed by atoms with Crippen LogP contribution < -0.4 is 0 Å². The Balaban J connectivity index is 1.79. The number of rotatable bonds is 5. The van der Waals surface area contributed by atoms with Gasteiger partial charge >= 0.3 is 5.97 Å². The van der Waals surface area contributed by atoms with Gasteiger partial charge in [-0.05, 0) is 93.5 Å². The minimum absolute atomic E-state index is 0.0176. The molecular weight excluding hydrogens is 528 g/mol. The molecule has 3 atom stereocenters. The van der Waals surface area contributed by atoms with Gasteiger partial charge in [0.05, 0.1) is 34.4 Å². The molecule has 8 nitrogen and oxygen atoms in total. The summed E-state index contributed by atoms with van der Waals surface area (Å²) in [6.07, 6.45) is 2.36. The smallest absolute Gasteiger partial charge is 0.303 e. The molecule has 0 spiro atoms. The molecular formula is C34H38N4O4. The number of aliphatic carboxylic acids is 1. The van der Waals surface area contributed by atoms with E-state index in [1.165, 1.54) is 0 Å². The van der Waals surface area contributed by atoms with Gasteiger partial charge in [0.2, 0.25) is 0 Å². The lowest BCUT2D eigenvalue weighted by Crippen LogP contribution is -2.07. The quantitative estimate of drug-likeness (QED) is 0.255. The predicted molar refractivity (Wildman–Crippen MR) is 167 cm³/mol. The molecule has 218 valence electrons. The maximum atomic E-state index is 11.7. The van der Waals surface area contributed by atoms with Crippen LogP contribution in [0, 0.1) is 13.8 Å². The molecule has 0 unspecified atom stereocenters. The van der Waals surface area contributed by atoms with Gasteiger partial charge in [0.1, 0.15) is 5.76 Å². The molecule has 0 saturated heterocycles. The number of carbonyl (C=O) groups is 1. The molecule has 2 aromatic rings. The number of H-pyrrole nitrogens is 2. The Morgan fingerprint density at radius 3 is 2.40 bits per heavy atom. The maximum Gasteiger partial charge on any atom is 0.303 e. The molecule has 0 saturated carbocycles. The fourth-order valence-electron chi connectivity index (χ4n) is 7.27. The van der Waals surface area contributed by atoms with Crippen LogP contribution in [0.3, 0.4) is 0 Å². The molecule has 8 bridgehead atoms. The van der Waals surface area contributed by atoms with Crippen LogP contribution in [0.25, 0.3) is 45.2 Å². The lowest BCUT2D eigenvalue weighted by atomic mass is 9.84. The van der Waals surface area contributed by atoms with E-state index in [4.69, 9.17) is 9.97 Å². The van der Waals surface area contributed by atoms with Gasteiger partial charge in [0, 0.05) is 51.9 Å². The Labute approximate surface area is 245 Å². The standard InChI is InChI=1S/C34H38N4O4/c1-8-20-14(2)23-13-26-29(19(7)39)17(5)32(37-26)18(6)31-15(3)21(9-10-28(41)42)33(38-31)22-11-27(40)30-16(4)24(36-34(22)30)12-25(20)35-23/h11-13,15,19,21,36,38-40H,8-10H2,1-7H3,(H,41,42)/t15-,19+,21-/m0/s1. The second kappa shape index (κ2) is 9.98. The van der Waals surface area contributed by atoms with E-state index in [0.29, 0.717) is 12.1 Å². The predicted octanol–water partition coefficient (Wildman–Crippen LogP) is 7.43. The summed E-state index contributed by atoms with van der Waals surface area (Å²) in [6, 6.07) is 4.03. The number of aliphatic hydroxyl groups excluding tert-OH is 2. The van der Waals surface area contributed by atoms with Crippen molar-refractivity contribution in [2.24, 2.45) is 0 Å². The summed E-state index contributed by atoms with van der Waals surface area (Å²) >= 11 is 0. The first-order valence-corrected chi connectivity index (χ1v) is 14.7. The van der Waals surface area contributed by atoms with Crippen LogP contribution in [-0.2, 0) is 4.79 Å². The fourth-order valence-corrected chi connectivity index (χ4v) is 7.27. The van der Waals surface area contributed by atoms with E-state index in [2.05, 4.69) is 30.7 Å². The number of hydrogen-bond acceptors (Lipinski definition) is 5. The number of fused-ring (bicyclic) bond motifs is 8. The van der Waals surface area contributed by atoms with Crippen LogP contribution in [0.2, 0.25) is 0 Å². The van der Waals surface area contributed by atoms with Crippen molar-refractivity contribution in [2.75, 3.05) is 0 Å². The average molecular weight is 567 g/mol. The van der Waals surface area contributed by atoms with Crippen molar-refractivity contribution in [3.8, 4) is 0 Å². The van der Waals surface area contributed by atoms with Gasteiger partial charge in [-0.25, -0.2) is 9.97 Å². The molecule has 0 fully saturated rings. The number of carboxylic acids is 1. The minimum Gasteiger partial charge on any atom is -0.507 e. The highest BCUT2D eigenvalue weighted by Gasteiger charge is 2.35. The van der Waals surface area contributed by atoms with E-state index in [9.17, 15) is 20.1 Å². The molecule has 0 aromatic carbocycles. The molecule has 3 aliphatic heterocycles. The normalized spacial score (nSPS) is 19.4. The van der Waals surface area contributed by atoms with Crippen LogP contribution >= 0.6 is 0 Å². The van der Waals surface area contributed by atoms with Crippen LogP contribution in [0.4, 0.5) is 0 Å². The monoisotopic (exact) mass is 566 g/mol. The zero-order valence-electron chi connectivity index (χ0n) is 25.2. The van der Waals surface area contributed by atoms with Crippen molar-refractivity contribution < 1.29 is 20.1 Å². The van der Waals surface area contributed by atoms with Crippen molar-refractivity contribution in [2.45, 2.75) is 85.7 Å². The average Bonchev–Trinajstić information content (AvgIpc) is 3.68. The van der Waals surface area contributed by atoms with Crippen LogP contribution in [0.5, 0.6) is 0 Å². The third kappa shape index (κ3) is 4.11. The van der Waals surface area contributed by atoms with Gasteiger partial charge in [-0.3, -0.25) is 4.79 Å². The number of nitrogens with one attached hydrogen (secondary N) is 2. The Morgan fingerprint density at radius 1 is 1.00 bits per heavy atom. The molecule has 0 amide bonds. The largest absolute Gasteiger partial charge is 0.507 e. The second-order valence-corrected chi connectivity index (χ2v) is 12.0. The molecule has 5 heterocycles. The van der Waals surface area contributed by atoms with Crippen molar-refractivity contribution >= 4 is 51.1 Å². The van der Waals surface area contributed by atoms with Crippen molar-refractivity contribution in [1.29, 1.82) is 0 Å². The number of hydrogen-bond donors (Lipinski definition) is 5. The van der Waals surface area contributed by atoms with Crippen LogP contribution in [-0.4, -0.2) is 47.3 Å². The first-order chi connectivity index (χ1) is 19.9. The molecule has 2 aromatic heterocycles. The number of aromatic amines is 2. The van der Waals surface area contributed by atoms with Crippen LogP contribution in [0.1, 0.15) is 122 Å². The van der Waals surface area contributed by atoms with E-state index in [0.717, 1.165) is 90.5 Å². The first kappa shape index (κ1) is 28.0. The van der Waals surface area contributed by atoms with E-state index in [-0.39, 0.29) is 24.0 Å². The molecule has 42 heavy (non-hydrogen) atoms. The Hall–Kier alpha value is -4.17. The van der Waals surface area contributed by atoms with E-state index >= 15 is 0 Å². The molecule has 4 aliphatic rings. The van der Waals surface area contributed by atoms with Gasteiger partial charge in [0.25, 0.3) is 0 Å².